The molecule has 230 valence electrons. The predicted octanol–water partition coefficient (Wildman–Crippen LogP) is 7.07. The number of hydrogen-bond acceptors (Lipinski definition) is 8. The van der Waals surface area contributed by atoms with Gasteiger partial charge < -0.3 is 23.8 Å². The van der Waals surface area contributed by atoms with Gasteiger partial charge in [0.05, 0.1) is 18.9 Å². The van der Waals surface area contributed by atoms with Crippen LogP contribution < -0.4 is 9.64 Å². The Balaban J connectivity index is 1.12. The van der Waals surface area contributed by atoms with Gasteiger partial charge in [-0.25, -0.2) is 9.79 Å². The van der Waals surface area contributed by atoms with Crippen molar-refractivity contribution < 1.29 is 23.7 Å². The van der Waals surface area contributed by atoms with Crippen LogP contribution in [-0.4, -0.2) is 69.7 Å². The van der Waals surface area contributed by atoms with E-state index in [9.17, 15) is 4.79 Å². The fourth-order valence-corrected chi connectivity index (χ4v) is 5.67. The lowest BCUT2D eigenvalue weighted by molar-refractivity contribution is -0.00685. The van der Waals surface area contributed by atoms with Gasteiger partial charge >= 0.3 is 6.16 Å². The Hall–Kier alpha value is -3.26. The van der Waals surface area contributed by atoms with Crippen LogP contribution >= 0.6 is 0 Å². The highest BCUT2D eigenvalue weighted by molar-refractivity contribution is 5.82. The molecule has 42 heavy (non-hydrogen) atoms. The number of ether oxygens (including phenoxy) is 4. The summed E-state index contributed by atoms with van der Waals surface area (Å²) in [6.07, 6.45) is 3.90. The number of fused-ring (bicyclic) bond motifs is 1. The normalized spacial score (nSPS) is 16.0. The van der Waals surface area contributed by atoms with E-state index in [4.69, 9.17) is 18.9 Å². The summed E-state index contributed by atoms with van der Waals surface area (Å²) >= 11 is 0. The Morgan fingerprint density at radius 3 is 2.55 bits per heavy atom. The van der Waals surface area contributed by atoms with Crippen molar-refractivity contribution in [3.8, 4) is 5.75 Å². The molecule has 1 unspecified atom stereocenters. The van der Waals surface area contributed by atoms with Gasteiger partial charge in [0.1, 0.15) is 5.75 Å². The minimum Gasteiger partial charge on any atom is -0.494 e. The molecule has 2 aromatic carbocycles. The number of anilines is 1. The van der Waals surface area contributed by atoms with Crippen LogP contribution in [-0.2, 0) is 20.6 Å². The molecule has 0 amide bonds. The highest BCUT2D eigenvalue weighted by atomic mass is 16.8. The van der Waals surface area contributed by atoms with Gasteiger partial charge in [-0.2, -0.15) is 0 Å². The molecule has 0 saturated carbocycles. The monoisotopic (exact) mass is 579 g/mol. The van der Waals surface area contributed by atoms with Gasteiger partial charge in [0.25, 0.3) is 0 Å². The lowest BCUT2D eigenvalue weighted by Gasteiger charge is -2.37. The van der Waals surface area contributed by atoms with Gasteiger partial charge in [-0.1, -0.05) is 39.0 Å². The molecule has 0 radical (unpaired) electrons. The highest BCUT2D eigenvalue weighted by Crippen LogP contribution is 2.30. The van der Waals surface area contributed by atoms with E-state index in [0.29, 0.717) is 37.4 Å². The standard InChI is InChI=1S/C34H49N3O5/c1-25(2)21-26(3)23-40-34(38)42-24-41-33-14-12-29-11-13-30(22-31(29)35-33)39-20-7-6-15-36-16-18-37(19-17-36)32-10-8-9-27(4)28(32)5/h8-11,13,22,25-26H,6-7,12,14-21,23-24H2,1-5H3. The summed E-state index contributed by atoms with van der Waals surface area (Å²) in [4.78, 5) is 21.6. The molecule has 8 nitrogen and oxygen atoms in total. The van der Waals surface area contributed by atoms with E-state index in [-0.39, 0.29) is 6.79 Å². The molecule has 2 aliphatic heterocycles. The van der Waals surface area contributed by atoms with Gasteiger partial charge in [0.15, 0.2) is 5.90 Å². The molecule has 2 heterocycles. The summed E-state index contributed by atoms with van der Waals surface area (Å²) in [6, 6.07) is 12.7. The smallest absolute Gasteiger partial charge is 0.494 e. The lowest BCUT2D eigenvalue weighted by atomic mass is 10.00. The maximum Gasteiger partial charge on any atom is 0.511 e. The largest absolute Gasteiger partial charge is 0.511 e. The minimum absolute atomic E-state index is 0.206. The molecular weight excluding hydrogens is 530 g/mol. The van der Waals surface area contributed by atoms with Crippen molar-refractivity contribution in [2.45, 2.75) is 66.7 Å². The fraction of sp³-hybridized carbons (Fsp3) is 0.588. The van der Waals surface area contributed by atoms with Crippen LogP contribution in [0.25, 0.3) is 0 Å². The predicted molar refractivity (Wildman–Crippen MR) is 168 cm³/mol. The second-order valence-electron chi connectivity index (χ2n) is 12.1. The number of piperazine rings is 1. The average molecular weight is 580 g/mol. The summed E-state index contributed by atoms with van der Waals surface area (Å²) in [5, 5.41) is 0. The first-order valence-corrected chi connectivity index (χ1v) is 15.6. The molecule has 0 bridgehead atoms. The molecule has 2 aliphatic rings. The van der Waals surface area contributed by atoms with E-state index in [1.165, 1.54) is 16.8 Å². The van der Waals surface area contributed by atoms with Crippen molar-refractivity contribution in [2.24, 2.45) is 16.8 Å². The molecule has 8 heteroatoms. The highest BCUT2D eigenvalue weighted by Gasteiger charge is 2.19. The van der Waals surface area contributed by atoms with E-state index < -0.39 is 6.16 Å². The summed E-state index contributed by atoms with van der Waals surface area (Å²) in [6.45, 7) is 17.1. The molecule has 0 N–H and O–H groups in total. The van der Waals surface area contributed by atoms with Gasteiger partial charge in [-0.05, 0) is 86.7 Å². The Kier molecular flexibility index (Phi) is 11.9. The Labute approximate surface area is 252 Å². The maximum atomic E-state index is 11.9. The number of benzene rings is 2. The summed E-state index contributed by atoms with van der Waals surface area (Å²) in [5.41, 5.74) is 6.15. The van der Waals surface area contributed by atoms with Gasteiger partial charge in [0, 0.05) is 44.4 Å². The van der Waals surface area contributed by atoms with E-state index >= 15 is 0 Å². The minimum atomic E-state index is -0.710. The van der Waals surface area contributed by atoms with Crippen molar-refractivity contribution in [3.63, 3.8) is 0 Å². The molecule has 0 aromatic heterocycles. The Morgan fingerprint density at radius 1 is 0.952 bits per heavy atom. The van der Waals surface area contributed by atoms with Crippen LogP contribution in [0.15, 0.2) is 41.4 Å². The number of nitrogens with zero attached hydrogens (tertiary/aromatic N) is 3. The first-order chi connectivity index (χ1) is 20.3. The van der Waals surface area contributed by atoms with Crippen molar-refractivity contribution in [1.82, 2.24) is 4.90 Å². The Morgan fingerprint density at radius 2 is 1.76 bits per heavy atom. The van der Waals surface area contributed by atoms with Crippen molar-refractivity contribution in [1.29, 1.82) is 0 Å². The molecule has 0 aliphatic carbocycles. The van der Waals surface area contributed by atoms with Gasteiger partial charge in [-0.3, -0.25) is 4.90 Å². The molecule has 1 atom stereocenters. The quantitative estimate of drug-likeness (QED) is 0.143. The zero-order valence-corrected chi connectivity index (χ0v) is 26.2. The van der Waals surface area contributed by atoms with E-state index in [2.05, 4.69) is 73.7 Å². The fourth-order valence-electron chi connectivity index (χ4n) is 5.67. The molecule has 4 rings (SSSR count). The van der Waals surface area contributed by atoms with Crippen LogP contribution in [0.3, 0.4) is 0 Å². The van der Waals surface area contributed by atoms with Crippen molar-refractivity contribution >= 4 is 23.4 Å². The molecular formula is C34H49N3O5. The van der Waals surface area contributed by atoms with Crippen LogP contribution in [0.1, 0.15) is 63.1 Å². The number of hydrogen-bond donors (Lipinski definition) is 0. The second-order valence-corrected chi connectivity index (χ2v) is 12.1. The molecule has 1 fully saturated rings. The van der Waals surface area contributed by atoms with Crippen LogP contribution in [0.2, 0.25) is 0 Å². The zero-order valence-electron chi connectivity index (χ0n) is 26.2. The first-order valence-electron chi connectivity index (χ1n) is 15.6. The van der Waals surface area contributed by atoms with E-state index in [1.54, 1.807) is 0 Å². The SMILES string of the molecule is Cc1cccc(N2CCN(CCCCOc3ccc4c(c3)N=C(OCOC(=O)OCC(C)CC(C)C)CC4)CC2)c1C. The number of aliphatic imine (C=N–C) groups is 1. The molecule has 1 saturated heterocycles. The number of unbranched alkanes of at least 4 members (excludes halogenated alkanes) is 1. The molecule has 2 aromatic rings. The van der Waals surface area contributed by atoms with Crippen LogP contribution in [0.4, 0.5) is 16.2 Å². The summed E-state index contributed by atoms with van der Waals surface area (Å²) in [5.74, 6) is 2.23. The van der Waals surface area contributed by atoms with Crippen LogP contribution in [0, 0.1) is 25.7 Å². The summed E-state index contributed by atoms with van der Waals surface area (Å²) in [7, 11) is 0. The number of aryl methyl sites for hydroxylation is 2. The average Bonchev–Trinajstić information content (AvgIpc) is 2.97. The van der Waals surface area contributed by atoms with Gasteiger partial charge in [-0.15, -0.1) is 0 Å². The number of carbonyl (C=O) groups is 1. The third-order valence-electron chi connectivity index (χ3n) is 8.10. The summed E-state index contributed by atoms with van der Waals surface area (Å²) < 4.78 is 21.9. The second kappa shape index (κ2) is 15.8. The topological polar surface area (TPSA) is 72.8 Å². The Bertz CT molecular complexity index is 1190. The van der Waals surface area contributed by atoms with Crippen molar-refractivity contribution in [2.75, 3.05) is 57.6 Å². The number of rotatable bonds is 13. The maximum absolute atomic E-state index is 11.9. The van der Waals surface area contributed by atoms with Crippen molar-refractivity contribution in [3.05, 3.63) is 53.1 Å². The first kappa shape index (κ1) is 31.7. The van der Waals surface area contributed by atoms with E-state index in [1.807, 2.05) is 12.1 Å². The third-order valence-corrected chi connectivity index (χ3v) is 8.10. The number of carbonyl (C=O) groups excluding carboxylic acids is 1. The lowest BCUT2D eigenvalue weighted by Crippen LogP contribution is -2.46. The van der Waals surface area contributed by atoms with Gasteiger partial charge in [0.2, 0.25) is 6.79 Å². The van der Waals surface area contributed by atoms with E-state index in [0.717, 1.165) is 75.4 Å². The van der Waals surface area contributed by atoms with Crippen LogP contribution in [0.5, 0.6) is 5.75 Å². The molecule has 0 spiro atoms. The zero-order chi connectivity index (χ0) is 29.9. The third kappa shape index (κ3) is 9.65.